The standard InChI is InChI=1S/C17H21F3N2O3S/c1-2-3-8-22-9-10-26-16(22)11-21-15(23)12-24-13-4-6-14(7-5-13)25-17(18,19)20/h4-7,9-10,16H,2-3,8,11-12H2,1H3,(H,21,23). The van der Waals surface area contributed by atoms with E-state index in [0.29, 0.717) is 6.54 Å². The van der Waals surface area contributed by atoms with E-state index in [1.165, 1.54) is 12.1 Å². The second-order valence-electron chi connectivity index (χ2n) is 5.58. The van der Waals surface area contributed by atoms with Crippen molar-refractivity contribution >= 4 is 17.7 Å². The highest BCUT2D eigenvalue weighted by Crippen LogP contribution is 2.25. The Morgan fingerprint density at radius 3 is 2.62 bits per heavy atom. The van der Waals surface area contributed by atoms with Crippen LogP contribution in [-0.2, 0) is 4.79 Å². The van der Waals surface area contributed by atoms with Crippen LogP contribution < -0.4 is 14.8 Å². The first kappa shape index (κ1) is 20.3. The van der Waals surface area contributed by atoms with Crippen LogP contribution in [0.1, 0.15) is 19.8 Å². The molecule has 1 atom stereocenters. The fourth-order valence-electron chi connectivity index (χ4n) is 2.24. The number of halogens is 3. The number of ether oxygens (including phenoxy) is 2. The molecule has 1 N–H and O–H groups in total. The quantitative estimate of drug-likeness (QED) is 0.696. The normalized spacial score (nSPS) is 16.6. The molecule has 1 heterocycles. The van der Waals surface area contributed by atoms with Gasteiger partial charge >= 0.3 is 6.36 Å². The monoisotopic (exact) mass is 390 g/mol. The molecule has 0 aliphatic carbocycles. The number of hydrogen-bond donors (Lipinski definition) is 1. The predicted octanol–water partition coefficient (Wildman–Crippen LogP) is 3.73. The maximum atomic E-state index is 12.1. The number of hydrogen-bond acceptors (Lipinski definition) is 5. The van der Waals surface area contributed by atoms with Gasteiger partial charge in [0.2, 0.25) is 0 Å². The minimum Gasteiger partial charge on any atom is -0.484 e. The summed E-state index contributed by atoms with van der Waals surface area (Å²) in [7, 11) is 0. The van der Waals surface area contributed by atoms with E-state index in [1.807, 2.05) is 11.6 Å². The number of nitrogens with zero attached hydrogens (tertiary/aromatic N) is 1. The van der Waals surface area contributed by atoms with Gasteiger partial charge in [0.05, 0.1) is 5.37 Å². The Labute approximate surface area is 154 Å². The van der Waals surface area contributed by atoms with Gasteiger partial charge in [0.25, 0.3) is 5.91 Å². The Bertz CT molecular complexity index is 608. The molecular weight excluding hydrogens is 369 g/mol. The summed E-state index contributed by atoms with van der Waals surface area (Å²) in [6, 6.07) is 4.90. The first-order chi connectivity index (χ1) is 12.4. The third kappa shape index (κ3) is 7.07. The van der Waals surface area contributed by atoms with Crippen molar-refractivity contribution in [2.24, 2.45) is 0 Å². The van der Waals surface area contributed by atoms with Gasteiger partial charge in [0.1, 0.15) is 11.5 Å². The van der Waals surface area contributed by atoms with Crippen LogP contribution in [0.3, 0.4) is 0 Å². The topological polar surface area (TPSA) is 50.8 Å². The molecule has 0 fully saturated rings. The molecule has 26 heavy (non-hydrogen) atoms. The smallest absolute Gasteiger partial charge is 0.484 e. The van der Waals surface area contributed by atoms with Gasteiger partial charge in [-0.2, -0.15) is 0 Å². The maximum absolute atomic E-state index is 12.1. The number of carbonyl (C=O) groups excluding carboxylic acids is 1. The average Bonchev–Trinajstić information content (AvgIpc) is 3.03. The van der Waals surface area contributed by atoms with Gasteiger partial charge in [0, 0.05) is 19.3 Å². The molecule has 1 amide bonds. The summed E-state index contributed by atoms with van der Waals surface area (Å²) in [6.07, 6.45) is -0.514. The molecule has 5 nitrogen and oxygen atoms in total. The van der Waals surface area contributed by atoms with Crippen LogP contribution in [0, 0.1) is 0 Å². The Morgan fingerprint density at radius 2 is 1.96 bits per heavy atom. The minimum atomic E-state index is -4.74. The molecule has 0 bridgehead atoms. The third-order valence-electron chi connectivity index (χ3n) is 3.53. The Balaban J connectivity index is 1.70. The highest BCUT2D eigenvalue weighted by molar-refractivity contribution is 8.02. The molecule has 1 aliphatic rings. The van der Waals surface area contributed by atoms with Gasteiger partial charge in [0.15, 0.2) is 6.61 Å². The summed E-state index contributed by atoms with van der Waals surface area (Å²) in [5.41, 5.74) is 0. The van der Waals surface area contributed by atoms with E-state index in [2.05, 4.69) is 21.9 Å². The zero-order chi connectivity index (χ0) is 19.0. The first-order valence-corrected chi connectivity index (χ1v) is 9.15. The number of benzene rings is 1. The minimum absolute atomic E-state index is 0.171. The molecule has 0 aromatic heterocycles. The number of unbranched alkanes of at least 4 members (excludes halogenated alkanes) is 1. The molecule has 1 unspecified atom stereocenters. The number of rotatable bonds is 9. The van der Waals surface area contributed by atoms with Crippen LogP contribution in [-0.4, -0.2) is 42.2 Å². The highest BCUT2D eigenvalue weighted by Gasteiger charge is 2.31. The number of amides is 1. The summed E-state index contributed by atoms with van der Waals surface area (Å²) in [6.45, 7) is 3.35. The molecule has 0 spiro atoms. The molecular formula is C17H21F3N2O3S. The summed E-state index contributed by atoms with van der Waals surface area (Å²) in [5.74, 6) is -0.341. The van der Waals surface area contributed by atoms with Crippen molar-refractivity contribution in [3.63, 3.8) is 0 Å². The number of thioether (sulfide) groups is 1. The van der Waals surface area contributed by atoms with E-state index in [-0.39, 0.29) is 29.4 Å². The van der Waals surface area contributed by atoms with E-state index in [4.69, 9.17) is 4.74 Å². The van der Waals surface area contributed by atoms with E-state index >= 15 is 0 Å². The summed E-state index contributed by atoms with van der Waals surface area (Å²) < 4.78 is 45.3. The van der Waals surface area contributed by atoms with Gasteiger partial charge in [-0.05, 0) is 36.1 Å². The average molecular weight is 390 g/mol. The second kappa shape index (κ2) is 9.61. The molecule has 144 valence electrons. The third-order valence-corrected chi connectivity index (χ3v) is 4.56. The lowest BCUT2D eigenvalue weighted by molar-refractivity contribution is -0.274. The molecule has 1 aromatic rings. The molecule has 1 aliphatic heterocycles. The SMILES string of the molecule is CCCCN1C=CSC1CNC(=O)COc1ccc(OC(F)(F)F)cc1. The first-order valence-electron chi connectivity index (χ1n) is 8.20. The number of carbonyl (C=O) groups is 1. The van der Waals surface area contributed by atoms with Crippen LogP contribution in [0.2, 0.25) is 0 Å². The van der Waals surface area contributed by atoms with E-state index in [9.17, 15) is 18.0 Å². The van der Waals surface area contributed by atoms with Gasteiger partial charge in [-0.25, -0.2) is 0 Å². The van der Waals surface area contributed by atoms with Crippen molar-refractivity contribution in [2.45, 2.75) is 31.5 Å². The molecule has 0 saturated heterocycles. The van der Waals surface area contributed by atoms with Crippen LogP contribution >= 0.6 is 11.8 Å². The lowest BCUT2D eigenvalue weighted by atomic mass is 10.3. The van der Waals surface area contributed by atoms with Gasteiger partial charge < -0.3 is 19.7 Å². The second-order valence-corrected chi connectivity index (χ2v) is 6.67. The summed E-state index contributed by atoms with van der Waals surface area (Å²) in [5, 5.41) is 4.98. The van der Waals surface area contributed by atoms with Crippen molar-refractivity contribution in [2.75, 3.05) is 19.7 Å². The predicted molar refractivity (Wildman–Crippen MR) is 93.8 cm³/mol. The lowest BCUT2D eigenvalue weighted by Crippen LogP contribution is -2.39. The maximum Gasteiger partial charge on any atom is 0.573 e. The van der Waals surface area contributed by atoms with Crippen molar-refractivity contribution in [1.82, 2.24) is 10.2 Å². The zero-order valence-corrected chi connectivity index (χ0v) is 15.1. The largest absolute Gasteiger partial charge is 0.573 e. The van der Waals surface area contributed by atoms with Crippen LogP contribution in [0.5, 0.6) is 11.5 Å². The number of nitrogens with one attached hydrogen (secondary N) is 1. The van der Waals surface area contributed by atoms with Gasteiger partial charge in [-0.15, -0.1) is 24.9 Å². The fraction of sp³-hybridized carbons (Fsp3) is 0.471. The van der Waals surface area contributed by atoms with E-state index < -0.39 is 6.36 Å². The Hall–Kier alpha value is -2.03. The molecule has 0 saturated carbocycles. The zero-order valence-electron chi connectivity index (χ0n) is 14.3. The van der Waals surface area contributed by atoms with Crippen LogP contribution in [0.4, 0.5) is 13.2 Å². The van der Waals surface area contributed by atoms with Crippen molar-refractivity contribution in [3.8, 4) is 11.5 Å². The molecule has 0 radical (unpaired) electrons. The van der Waals surface area contributed by atoms with Gasteiger partial charge in [-0.3, -0.25) is 4.79 Å². The molecule has 9 heteroatoms. The lowest BCUT2D eigenvalue weighted by Gasteiger charge is -2.24. The van der Waals surface area contributed by atoms with Crippen LogP contribution in [0.15, 0.2) is 35.9 Å². The fourth-order valence-corrected chi connectivity index (χ4v) is 3.16. The number of alkyl halides is 3. The summed E-state index contributed by atoms with van der Waals surface area (Å²) in [4.78, 5) is 14.1. The Kier molecular flexibility index (Phi) is 7.50. The highest BCUT2D eigenvalue weighted by atomic mass is 32.2. The summed E-state index contributed by atoms with van der Waals surface area (Å²) >= 11 is 1.65. The van der Waals surface area contributed by atoms with Crippen molar-refractivity contribution < 1.29 is 27.4 Å². The molecule has 2 rings (SSSR count). The van der Waals surface area contributed by atoms with Gasteiger partial charge in [-0.1, -0.05) is 13.3 Å². The van der Waals surface area contributed by atoms with E-state index in [0.717, 1.165) is 31.5 Å². The van der Waals surface area contributed by atoms with Crippen molar-refractivity contribution in [3.05, 3.63) is 35.9 Å². The van der Waals surface area contributed by atoms with Crippen LogP contribution in [0.25, 0.3) is 0 Å². The molecule has 1 aromatic carbocycles. The van der Waals surface area contributed by atoms with Crippen molar-refractivity contribution in [1.29, 1.82) is 0 Å². The van der Waals surface area contributed by atoms with E-state index in [1.54, 1.807) is 11.8 Å². The Morgan fingerprint density at radius 1 is 1.27 bits per heavy atom.